The van der Waals surface area contributed by atoms with Crippen LogP contribution in [0.5, 0.6) is 0 Å². The van der Waals surface area contributed by atoms with E-state index in [1.165, 1.54) is 12.5 Å². The summed E-state index contributed by atoms with van der Waals surface area (Å²) in [6.45, 7) is 6.76. The highest BCUT2D eigenvalue weighted by atomic mass is 79.9. The van der Waals surface area contributed by atoms with Gasteiger partial charge in [0, 0.05) is 10.0 Å². The molecule has 2 rings (SSSR count). The number of rotatable bonds is 2. The van der Waals surface area contributed by atoms with Gasteiger partial charge >= 0.3 is 0 Å². The Balaban J connectivity index is 2.30. The molecule has 0 aromatic heterocycles. The molecular weight excluding hydrogens is 317 g/mol. The van der Waals surface area contributed by atoms with Crippen LogP contribution in [0.15, 0.2) is 22.7 Å². The average molecular weight is 342 g/mol. The maximum absolute atomic E-state index is 14.0. The Hall–Kier alpha value is -0.410. The summed E-state index contributed by atoms with van der Waals surface area (Å²) in [5, 5.41) is 0. The minimum Gasteiger partial charge on any atom is -0.325 e. The van der Waals surface area contributed by atoms with Gasteiger partial charge in [-0.15, -0.1) is 0 Å². The van der Waals surface area contributed by atoms with Crippen molar-refractivity contribution in [3.8, 4) is 0 Å². The summed E-state index contributed by atoms with van der Waals surface area (Å²) in [4.78, 5) is 0. The molecule has 0 aliphatic heterocycles. The zero-order valence-electron chi connectivity index (χ0n) is 12.7. The van der Waals surface area contributed by atoms with Gasteiger partial charge in [-0.1, -0.05) is 49.5 Å². The molecule has 0 heterocycles. The fourth-order valence-corrected chi connectivity index (χ4v) is 4.21. The zero-order valence-corrected chi connectivity index (χ0v) is 14.3. The van der Waals surface area contributed by atoms with Crippen LogP contribution in [0.1, 0.15) is 52.0 Å². The topological polar surface area (TPSA) is 26.0 Å². The quantitative estimate of drug-likeness (QED) is 0.798. The Labute approximate surface area is 130 Å². The van der Waals surface area contributed by atoms with Crippen molar-refractivity contribution in [1.82, 2.24) is 0 Å². The van der Waals surface area contributed by atoms with Crippen LogP contribution in [-0.2, 0) is 6.42 Å². The summed E-state index contributed by atoms with van der Waals surface area (Å²) in [7, 11) is 0. The van der Waals surface area contributed by atoms with Crippen molar-refractivity contribution in [2.75, 3.05) is 0 Å². The molecule has 1 aliphatic rings. The van der Waals surface area contributed by atoms with Crippen LogP contribution in [0, 0.1) is 17.2 Å². The highest BCUT2D eigenvalue weighted by Gasteiger charge is 2.43. The molecule has 2 N–H and O–H groups in total. The fourth-order valence-electron chi connectivity index (χ4n) is 3.80. The fraction of sp³-hybridized carbons (Fsp3) is 0.647. The number of benzene rings is 1. The zero-order chi connectivity index (χ0) is 15.0. The summed E-state index contributed by atoms with van der Waals surface area (Å²) < 4.78 is 15.0. The molecule has 1 fully saturated rings. The van der Waals surface area contributed by atoms with Crippen molar-refractivity contribution in [3.05, 3.63) is 34.1 Å². The van der Waals surface area contributed by atoms with Gasteiger partial charge in [0.05, 0.1) is 0 Å². The average Bonchev–Trinajstić information content (AvgIpc) is 2.32. The van der Waals surface area contributed by atoms with E-state index in [1.54, 1.807) is 6.07 Å². The molecule has 1 aliphatic carbocycles. The number of nitrogens with two attached hydrogens (primary N) is 1. The third kappa shape index (κ3) is 3.43. The van der Waals surface area contributed by atoms with E-state index in [0.717, 1.165) is 29.3 Å². The lowest BCUT2D eigenvalue weighted by atomic mass is 9.61. The van der Waals surface area contributed by atoms with Gasteiger partial charge in [0.15, 0.2) is 0 Å². The Morgan fingerprint density at radius 1 is 1.35 bits per heavy atom. The molecule has 1 nitrogen and oxygen atoms in total. The van der Waals surface area contributed by atoms with E-state index in [2.05, 4.69) is 36.7 Å². The number of halogens is 2. The molecule has 1 saturated carbocycles. The summed E-state index contributed by atoms with van der Waals surface area (Å²) in [6.07, 6.45) is 5.15. The van der Waals surface area contributed by atoms with Crippen LogP contribution < -0.4 is 5.73 Å². The van der Waals surface area contributed by atoms with Gasteiger partial charge in [-0.3, -0.25) is 0 Å². The molecule has 2 atom stereocenters. The lowest BCUT2D eigenvalue weighted by Gasteiger charge is -2.48. The van der Waals surface area contributed by atoms with Gasteiger partial charge in [-0.25, -0.2) is 4.39 Å². The SMILES string of the molecule is CC(C)(C)C1CCCCC1(N)Cc1cc(Br)ccc1F. The van der Waals surface area contributed by atoms with Crippen molar-refractivity contribution in [2.45, 2.75) is 58.4 Å². The summed E-state index contributed by atoms with van der Waals surface area (Å²) in [6, 6.07) is 5.14. The second-order valence-corrected chi connectivity index (χ2v) is 8.23. The summed E-state index contributed by atoms with van der Waals surface area (Å²) in [5.41, 5.74) is 7.36. The third-order valence-corrected chi connectivity index (χ3v) is 5.14. The van der Waals surface area contributed by atoms with E-state index in [9.17, 15) is 4.39 Å². The largest absolute Gasteiger partial charge is 0.325 e. The minimum absolute atomic E-state index is 0.142. The Morgan fingerprint density at radius 2 is 2.05 bits per heavy atom. The third-order valence-electron chi connectivity index (χ3n) is 4.65. The smallest absolute Gasteiger partial charge is 0.126 e. The molecule has 1 aromatic carbocycles. The molecule has 112 valence electrons. The van der Waals surface area contributed by atoms with Gasteiger partial charge < -0.3 is 5.73 Å². The van der Waals surface area contributed by atoms with Gasteiger partial charge in [0.2, 0.25) is 0 Å². The molecule has 3 heteroatoms. The van der Waals surface area contributed by atoms with E-state index in [0.29, 0.717) is 12.3 Å². The van der Waals surface area contributed by atoms with Crippen LogP contribution in [-0.4, -0.2) is 5.54 Å². The predicted octanol–water partition coefficient (Wildman–Crippen LogP) is 5.06. The van der Waals surface area contributed by atoms with E-state index in [-0.39, 0.29) is 16.8 Å². The molecular formula is C17H25BrFN. The molecule has 0 amide bonds. The second-order valence-electron chi connectivity index (χ2n) is 7.31. The van der Waals surface area contributed by atoms with Crippen molar-refractivity contribution in [3.63, 3.8) is 0 Å². The first-order chi connectivity index (χ1) is 9.22. The van der Waals surface area contributed by atoms with Crippen molar-refractivity contribution in [1.29, 1.82) is 0 Å². The van der Waals surface area contributed by atoms with E-state index < -0.39 is 0 Å². The first-order valence-corrected chi connectivity index (χ1v) is 8.24. The van der Waals surface area contributed by atoms with Crippen LogP contribution >= 0.6 is 15.9 Å². The lowest BCUT2D eigenvalue weighted by molar-refractivity contribution is 0.0787. The normalized spacial score (nSPS) is 27.6. The van der Waals surface area contributed by atoms with E-state index >= 15 is 0 Å². The molecule has 2 unspecified atom stereocenters. The first-order valence-electron chi connectivity index (χ1n) is 7.45. The lowest BCUT2D eigenvalue weighted by Crippen LogP contribution is -2.55. The van der Waals surface area contributed by atoms with Crippen LogP contribution in [0.3, 0.4) is 0 Å². The van der Waals surface area contributed by atoms with Crippen LogP contribution in [0.4, 0.5) is 4.39 Å². The maximum Gasteiger partial charge on any atom is 0.126 e. The van der Waals surface area contributed by atoms with Crippen molar-refractivity contribution >= 4 is 15.9 Å². The second kappa shape index (κ2) is 5.76. The Bertz CT molecular complexity index is 480. The highest BCUT2D eigenvalue weighted by molar-refractivity contribution is 9.10. The van der Waals surface area contributed by atoms with Gasteiger partial charge in [0.1, 0.15) is 5.82 Å². The monoisotopic (exact) mass is 341 g/mol. The summed E-state index contributed by atoms with van der Waals surface area (Å²) >= 11 is 3.43. The molecule has 1 aromatic rings. The van der Waals surface area contributed by atoms with Crippen molar-refractivity contribution in [2.24, 2.45) is 17.1 Å². The Kier molecular flexibility index (Phi) is 4.60. The summed E-state index contributed by atoms with van der Waals surface area (Å²) in [5.74, 6) is 0.290. The van der Waals surface area contributed by atoms with Gasteiger partial charge in [0.25, 0.3) is 0 Å². The van der Waals surface area contributed by atoms with Crippen LogP contribution in [0.25, 0.3) is 0 Å². The van der Waals surface area contributed by atoms with Gasteiger partial charge in [-0.2, -0.15) is 0 Å². The standard InChI is InChI=1S/C17H25BrFN/c1-16(2,3)15-6-4-5-9-17(15,20)11-12-10-13(18)7-8-14(12)19/h7-8,10,15H,4-6,9,11,20H2,1-3H3. The van der Waals surface area contributed by atoms with Crippen molar-refractivity contribution < 1.29 is 4.39 Å². The minimum atomic E-state index is -0.294. The molecule has 0 saturated heterocycles. The molecule has 0 spiro atoms. The number of hydrogen-bond donors (Lipinski definition) is 1. The van der Waals surface area contributed by atoms with E-state index in [1.807, 2.05) is 6.07 Å². The maximum atomic E-state index is 14.0. The first kappa shape index (κ1) is 16.0. The molecule has 0 radical (unpaired) electrons. The molecule has 20 heavy (non-hydrogen) atoms. The Morgan fingerprint density at radius 3 is 2.70 bits per heavy atom. The van der Waals surface area contributed by atoms with Crippen LogP contribution in [0.2, 0.25) is 0 Å². The predicted molar refractivity (Wildman–Crippen MR) is 86.1 cm³/mol. The molecule has 0 bridgehead atoms. The van der Waals surface area contributed by atoms with Gasteiger partial charge in [-0.05, 0) is 54.4 Å². The highest BCUT2D eigenvalue weighted by Crippen LogP contribution is 2.44. The van der Waals surface area contributed by atoms with E-state index in [4.69, 9.17) is 5.73 Å². The number of hydrogen-bond acceptors (Lipinski definition) is 1.